The molecule has 1 heterocycles. The van der Waals surface area contributed by atoms with Crippen LogP contribution in [0.5, 0.6) is 5.75 Å². The van der Waals surface area contributed by atoms with E-state index in [9.17, 15) is 18.0 Å². The van der Waals surface area contributed by atoms with E-state index in [-0.39, 0.29) is 22.7 Å². The normalized spacial score (nSPS) is 13.4. The molecule has 0 unspecified atom stereocenters. The maximum atomic E-state index is 12.2. The van der Waals surface area contributed by atoms with Gasteiger partial charge in [-0.15, -0.1) is 13.2 Å². The van der Waals surface area contributed by atoms with Crippen LogP contribution in [0.4, 0.5) is 18.3 Å². The van der Waals surface area contributed by atoms with Crippen LogP contribution in [0.3, 0.4) is 0 Å². The molecule has 5 nitrogen and oxygen atoms in total. The molecule has 0 aliphatic rings. The molecule has 2 aromatic rings. The van der Waals surface area contributed by atoms with Gasteiger partial charge in [0.05, 0.1) is 16.3 Å². The number of fused-ring (bicyclic) bond motifs is 1. The minimum atomic E-state index is -4.75. The number of benzene rings is 1. The molecule has 0 saturated heterocycles. The van der Waals surface area contributed by atoms with E-state index < -0.39 is 12.4 Å². The smallest absolute Gasteiger partial charge is 0.406 e. The predicted molar refractivity (Wildman–Crippen MR) is 77.7 cm³/mol. The third-order valence-electron chi connectivity index (χ3n) is 2.84. The molecule has 0 fully saturated rings. The number of thiazole rings is 1. The minimum absolute atomic E-state index is 0.0406. The van der Waals surface area contributed by atoms with Crippen LogP contribution in [0.25, 0.3) is 10.2 Å². The number of nitrogens with zero attached hydrogens (tertiary/aromatic N) is 1. The summed E-state index contributed by atoms with van der Waals surface area (Å²) in [5.74, 6) is -0.762. The molecule has 0 spiro atoms. The molecular formula is C13H14F3N3O2S. The van der Waals surface area contributed by atoms with Crippen molar-refractivity contribution in [3.8, 4) is 5.75 Å². The molecule has 0 aliphatic heterocycles. The summed E-state index contributed by atoms with van der Waals surface area (Å²) in [5.41, 5.74) is 6.18. The molecule has 1 amide bonds. The Morgan fingerprint density at radius 3 is 2.68 bits per heavy atom. The lowest BCUT2D eigenvalue weighted by molar-refractivity contribution is -0.274. The highest BCUT2D eigenvalue weighted by Gasteiger charge is 2.31. The molecule has 0 radical (unpaired) electrons. The first-order valence-electron chi connectivity index (χ1n) is 6.38. The molecule has 22 heavy (non-hydrogen) atoms. The van der Waals surface area contributed by atoms with Crippen LogP contribution in [0.1, 0.15) is 13.8 Å². The molecule has 2 rings (SSSR count). The molecule has 0 saturated carbocycles. The molecule has 1 aromatic heterocycles. The predicted octanol–water partition coefficient (Wildman–Crippen LogP) is 3.12. The highest BCUT2D eigenvalue weighted by molar-refractivity contribution is 7.22. The first-order valence-corrected chi connectivity index (χ1v) is 7.20. The summed E-state index contributed by atoms with van der Waals surface area (Å²) < 4.78 is 40.8. The fraction of sp³-hybridized carbons (Fsp3) is 0.385. The Morgan fingerprint density at radius 2 is 2.09 bits per heavy atom. The number of anilines is 1. The topological polar surface area (TPSA) is 77.2 Å². The van der Waals surface area contributed by atoms with Crippen molar-refractivity contribution in [3.63, 3.8) is 0 Å². The van der Waals surface area contributed by atoms with Crippen LogP contribution in [-0.4, -0.2) is 23.3 Å². The Hall–Kier alpha value is -1.87. The van der Waals surface area contributed by atoms with E-state index in [1.54, 1.807) is 0 Å². The number of nitrogens with two attached hydrogens (primary N) is 1. The maximum Gasteiger partial charge on any atom is 0.573 e. The quantitative estimate of drug-likeness (QED) is 0.901. The van der Waals surface area contributed by atoms with Gasteiger partial charge in [0.1, 0.15) is 5.75 Å². The Bertz CT molecular complexity index is 685. The van der Waals surface area contributed by atoms with E-state index in [2.05, 4.69) is 15.0 Å². The van der Waals surface area contributed by atoms with Crippen LogP contribution in [0.2, 0.25) is 0 Å². The second-order valence-corrected chi connectivity index (χ2v) is 5.99. The molecular weight excluding hydrogens is 319 g/mol. The number of halogens is 3. The van der Waals surface area contributed by atoms with E-state index in [4.69, 9.17) is 5.73 Å². The third-order valence-corrected chi connectivity index (χ3v) is 3.78. The number of alkyl halides is 3. The van der Waals surface area contributed by atoms with Crippen molar-refractivity contribution in [1.82, 2.24) is 4.98 Å². The number of nitrogens with one attached hydrogen (secondary N) is 1. The highest BCUT2D eigenvalue weighted by atomic mass is 32.1. The van der Waals surface area contributed by atoms with E-state index in [1.807, 2.05) is 13.8 Å². The second-order valence-electron chi connectivity index (χ2n) is 4.96. The SMILES string of the molecule is CC(C)[C@H](N)C(=O)Nc1nc2ccc(OC(F)(F)F)cc2s1. The lowest BCUT2D eigenvalue weighted by Gasteiger charge is -2.13. The summed E-state index contributed by atoms with van der Waals surface area (Å²) in [7, 11) is 0. The van der Waals surface area contributed by atoms with Crippen LogP contribution in [-0.2, 0) is 4.79 Å². The summed E-state index contributed by atoms with van der Waals surface area (Å²) in [6, 6.07) is 3.10. The number of aromatic nitrogens is 1. The van der Waals surface area contributed by atoms with Gasteiger partial charge in [0.15, 0.2) is 5.13 Å². The monoisotopic (exact) mass is 333 g/mol. The van der Waals surface area contributed by atoms with Crippen LogP contribution >= 0.6 is 11.3 Å². The van der Waals surface area contributed by atoms with Gasteiger partial charge in [-0.25, -0.2) is 4.98 Å². The third kappa shape index (κ3) is 4.08. The van der Waals surface area contributed by atoms with Gasteiger partial charge in [-0.05, 0) is 18.1 Å². The summed E-state index contributed by atoms with van der Waals surface area (Å²) in [6.45, 7) is 3.62. The van der Waals surface area contributed by atoms with Crippen molar-refractivity contribution in [2.24, 2.45) is 11.7 Å². The first-order chi connectivity index (χ1) is 10.2. The number of carbonyl (C=O) groups excluding carboxylic acids is 1. The molecule has 120 valence electrons. The van der Waals surface area contributed by atoms with Crippen molar-refractivity contribution in [2.45, 2.75) is 26.3 Å². The largest absolute Gasteiger partial charge is 0.573 e. The molecule has 0 aliphatic carbocycles. The minimum Gasteiger partial charge on any atom is -0.406 e. The molecule has 3 N–H and O–H groups in total. The van der Waals surface area contributed by atoms with Crippen molar-refractivity contribution in [1.29, 1.82) is 0 Å². The zero-order chi connectivity index (χ0) is 16.5. The summed E-state index contributed by atoms with van der Waals surface area (Å²) in [4.78, 5) is 16.0. The number of rotatable bonds is 4. The number of ether oxygens (including phenoxy) is 1. The van der Waals surface area contributed by atoms with Crippen molar-refractivity contribution in [2.75, 3.05) is 5.32 Å². The van der Waals surface area contributed by atoms with Gasteiger partial charge < -0.3 is 15.8 Å². The number of amides is 1. The van der Waals surface area contributed by atoms with Gasteiger partial charge in [-0.1, -0.05) is 25.2 Å². The summed E-state index contributed by atoms with van der Waals surface area (Å²) in [5, 5.41) is 2.84. The number of hydrogen-bond acceptors (Lipinski definition) is 5. The van der Waals surface area contributed by atoms with Gasteiger partial charge in [-0.3, -0.25) is 4.79 Å². The molecule has 0 bridgehead atoms. The van der Waals surface area contributed by atoms with Gasteiger partial charge in [0.25, 0.3) is 0 Å². The maximum absolute atomic E-state index is 12.2. The molecule has 9 heteroatoms. The lowest BCUT2D eigenvalue weighted by atomic mass is 10.1. The van der Waals surface area contributed by atoms with Crippen molar-refractivity contribution in [3.05, 3.63) is 18.2 Å². The summed E-state index contributed by atoms with van der Waals surface area (Å²) in [6.07, 6.45) is -4.75. The molecule has 1 atom stereocenters. The zero-order valence-corrected chi connectivity index (χ0v) is 12.6. The highest BCUT2D eigenvalue weighted by Crippen LogP contribution is 2.31. The number of carbonyl (C=O) groups is 1. The van der Waals surface area contributed by atoms with Gasteiger partial charge in [0.2, 0.25) is 5.91 Å². The fourth-order valence-corrected chi connectivity index (χ4v) is 2.54. The average Bonchev–Trinajstić information content (AvgIpc) is 2.77. The van der Waals surface area contributed by atoms with Crippen LogP contribution in [0, 0.1) is 5.92 Å². The van der Waals surface area contributed by atoms with Crippen molar-refractivity contribution >= 4 is 32.6 Å². The zero-order valence-electron chi connectivity index (χ0n) is 11.8. The van der Waals surface area contributed by atoms with E-state index in [1.165, 1.54) is 18.2 Å². The van der Waals surface area contributed by atoms with Crippen LogP contribution in [0.15, 0.2) is 18.2 Å². The Kier molecular flexibility index (Phi) is 4.57. The van der Waals surface area contributed by atoms with E-state index >= 15 is 0 Å². The Balaban J connectivity index is 2.18. The first kappa shape index (κ1) is 16.5. The van der Waals surface area contributed by atoms with Gasteiger partial charge >= 0.3 is 6.36 Å². The summed E-state index contributed by atoms with van der Waals surface area (Å²) >= 11 is 1.05. The standard InChI is InChI=1S/C13H14F3N3O2S/c1-6(2)10(17)11(20)19-12-18-8-4-3-7(5-9(8)22-12)21-13(14,15)16/h3-6,10H,17H2,1-2H3,(H,18,19,20)/t10-/m0/s1. The number of hydrogen-bond donors (Lipinski definition) is 2. The van der Waals surface area contributed by atoms with Gasteiger partial charge in [0, 0.05) is 6.07 Å². The lowest BCUT2D eigenvalue weighted by Crippen LogP contribution is -2.39. The molecule has 1 aromatic carbocycles. The fourth-order valence-electron chi connectivity index (χ4n) is 1.65. The van der Waals surface area contributed by atoms with Crippen LogP contribution < -0.4 is 15.8 Å². The Labute approximate surface area is 128 Å². The Morgan fingerprint density at radius 1 is 1.41 bits per heavy atom. The second kappa shape index (κ2) is 6.09. The average molecular weight is 333 g/mol. The van der Waals surface area contributed by atoms with Crippen molar-refractivity contribution < 1.29 is 22.7 Å². The van der Waals surface area contributed by atoms with Gasteiger partial charge in [-0.2, -0.15) is 0 Å². The van der Waals surface area contributed by atoms with E-state index in [0.717, 1.165) is 11.3 Å². The van der Waals surface area contributed by atoms with E-state index in [0.29, 0.717) is 10.2 Å².